The highest BCUT2D eigenvalue weighted by Gasteiger charge is 2.46. The van der Waals surface area contributed by atoms with E-state index in [-0.39, 0.29) is 44.1 Å². The van der Waals surface area contributed by atoms with Crippen molar-refractivity contribution < 1.29 is 0 Å². The quantitative estimate of drug-likeness (QED) is 0.537. The third-order valence-electron chi connectivity index (χ3n) is 4.22. The number of hydrogen-bond donors (Lipinski definition) is 0. The molecule has 8 unspecified atom stereocenters. The van der Waals surface area contributed by atoms with Gasteiger partial charge in [0.1, 0.15) is 0 Å². The molecule has 0 saturated heterocycles. The molecule has 2 saturated carbocycles. The lowest BCUT2D eigenvalue weighted by Gasteiger charge is -2.44. The van der Waals surface area contributed by atoms with Gasteiger partial charge in [0, 0.05) is 0 Å². The second kappa shape index (κ2) is 6.67. The minimum Gasteiger partial charge on any atom is -0.121 e. The molecule has 2 aliphatic carbocycles. The summed E-state index contributed by atoms with van der Waals surface area (Å²) < 4.78 is 0. The van der Waals surface area contributed by atoms with Crippen LogP contribution in [0.4, 0.5) is 0 Å². The maximum Gasteiger partial charge on any atom is 0.0665 e. The fourth-order valence-electron chi connectivity index (χ4n) is 3.11. The summed E-state index contributed by atoms with van der Waals surface area (Å²) in [6.07, 6.45) is 3.72. The van der Waals surface area contributed by atoms with Crippen molar-refractivity contribution in [1.82, 2.24) is 0 Å². The molecule has 2 fully saturated rings. The second-order valence-corrected chi connectivity index (χ2v) is 8.43. The summed E-state index contributed by atoms with van der Waals surface area (Å²) in [6.45, 7) is 0. The first-order valence-corrected chi connectivity index (χ1v) is 8.89. The lowest BCUT2D eigenvalue weighted by atomic mass is 9.72. The molecule has 106 valence electrons. The predicted octanol–water partition coefficient (Wildman–Crippen LogP) is 5.45. The number of halogens is 6. The van der Waals surface area contributed by atoms with Gasteiger partial charge in [-0.3, -0.25) is 0 Å². The minimum absolute atomic E-state index is 0.0460. The highest BCUT2D eigenvalue weighted by molar-refractivity contribution is 6.36. The molecule has 0 aromatic heterocycles. The van der Waals surface area contributed by atoms with Crippen molar-refractivity contribution in [3.63, 3.8) is 0 Å². The summed E-state index contributed by atoms with van der Waals surface area (Å²) in [6, 6.07) is 0. The Bertz CT molecular complexity index is 258. The summed E-state index contributed by atoms with van der Waals surface area (Å²) in [4.78, 5) is 0. The summed E-state index contributed by atoms with van der Waals surface area (Å²) in [5.74, 6) is 0.578. The summed E-state index contributed by atoms with van der Waals surface area (Å²) in [7, 11) is 0. The van der Waals surface area contributed by atoms with E-state index in [0.29, 0.717) is 0 Å². The van der Waals surface area contributed by atoms with Crippen molar-refractivity contribution in [2.45, 2.75) is 57.9 Å². The standard InChI is InChI=1S/C12H16Cl6/c13-7-3-1-5(9(15)11(7)17)6-2-4-8(14)12(18)10(6)16/h5-12H,1-4H2. The van der Waals surface area contributed by atoms with Crippen molar-refractivity contribution in [3.8, 4) is 0 Å². The van der Waals surface area contributed by atoms with E-state index >= 15 is 0 Å². The summed E-state index contributed by atoms with van der Waals surface area (Å²) in [5, 5.41) is -0.752. The normalized spacial score (nSPS) is 54.3. The molecule has 0 N–H and O–H groups in total. The van der Waals surface area contributed by atoms with Crippen LogP contribution in [0.2, 0.25) is 0 Å². The van der Waals surface area contributed by atoms with E-state index in [0.717, 1.165) is 25.7 Å². The van der Waals surface area contributed by atoms with E-state index in [1.165, 1.54) is 0 Å². The molecule has 0 bridgehead atoms. The Hall–Kier alpha value is 1.74. The zero-order valence-electron chi connectivity index (χ0n) is 9.72. The first kappa shape index (κ1) is 16.1. The van der Waals surface area contributed by atoms with E-state index in [9.17, 15) is 0 Å². The third-order valence-corrected chi connectivity index (χ3v) is 8.06. The molecular weight excluding hydrogens is 357 g/mol. The maximum atomic E-state index is 6.46. The average Bonchev–Trinajstić information content (AvgIpc) is 2.35. The molecule has 0 radical (unpaired) electrons. The highest BCUT2D eigenvalue weighted by atomic mass is 35.5. The van der Waals surface area contributed by atoms with E-state index in [1.54, 1.807) is 0 Å². The predicted molar refractivity (Wildman–Crippen MR) is 83.3 cm³/mol. The molecule has 0 aliphatic heterocycles. The topological polar surface area (TPSA) is 0 Å². The van der Waals surface area contributed by atoms with Crippen molar-refractivity contribution in [2.24, 2.45) is 11.8 Å². The molecule has 0 aromatic rings. The van der Waals surface area contributed by atoms with Gasteiger partial charge in [-0.1, -0.05) is 0 Å². The SMILES string of the molecule is ClC1CCC(C2CCC(Cl)C(Cl)C2Cl)C(Cl)C1Cl. The van der Waals surface area contributed by atoms with Crippen LogP contribution in [0.1, 0.15) is 25.7 Å². The summed E-state index contributed by atoms with van der Waals surface area (Å²) in [5.41, 5.74) is 0. The van der Waals surface area contributed by atoms with Gasteiger partial charge < -0.3 is 0 Å². The molecule has 8 atom stereocenters. The van der Waals surface area contributed by atoms with Gasteiger partial charge in [0.15, 0.2) is 0 Å². The van der Waals surface area contributed by atoms with Gasteiger partial charge in [-0.2, -0.15) is 0 Å². The molecule has 18 heavy (non-hydrogen) atoms. The Labute approximate surface area is 139 Å². The second-order valence-electron chi connectivity index (χ2n) is 5.29. The smallest absolute Gasteiger partial charge is 0.0665 e. The van der Waals surface area contributed by atoms with Crippen LogP contribution in [0.3, 0.4) is 0 Å². The molecule has 0 spiro atoms. The first-order valence-electron chi connectivity index (χ1n) is 6.28. The molecule has 2 aliphatic rings. The van der Waals surface area contributed by atoms with Gasteiger partial charge in [0.25, 0.3) is 0 Å². The molecule has 0 amide bonds. The van der Waals surface area contributed by atoms with Crippen molar-refractivity contribution in [3.05, 3.63) is 0 Å². The fourth-order valence-corrected chi connectivity index (χ4v) is 5.43. The molecule has 6 heteroatoms. The molecule has 2 rings (SSSR count). The van der Waals surface area contributed by atoms with Gasteiger partial charge in [-0.25, -0.2) is 0 Å². The van der Waals surface area contributed by atoms with Crippen LogP contribution in [-0.2, 0) is 0 Å². The number of hydrogen-bond acceptors (Lipinski definition) is 0. The van der Waals surface area contributed by atoms with Gasteiger partial charge in [0.05, 0.1) is 32.3 Å². The molecule has 0 nitrogen and oxygen atoms in total. The largest absolute Gasteiger partial charge is 0.121 e. The summed E-state index contributed by atoms with van der Waals surface area (Å²) >= 11 is 37.8. The van der Waals surface area contributed by atoms with Crippen LogP contribution < -0.4 is 0 Å². The number of rotatable bonds is 1. The van der Waals surface area contributed by atoms with Crippen LogP contribution in [0.25, 0.3) is 0 Å². The lowest BCUT2D eigenvalue weighted by molar-refractivity contribution is 0.211. The Balaban J connectivity index is 2.07. The number of alkyl halides is 6. The zero-order valence-corrected chi connectivity index (χ0v) is 14.3. The molecule has 0 heterocycles. The molecular formula is C12H16Cl6. The van der Waals surface area contributed by atoms with E-state index in [2.05, 4.69) is 0 Å². The Morgan fingerprint density at radius 2 is 0.778 bits per heavy atom. The van der Waals surface area contributed by atoms with E-state index < -0.39 is 0 Å². The zero-order chi connectivity index (χ0) is 13.4. The van der Waals surface area contributed by atoms with Gasteiger partial charge in [0.2, 0.25) is 0 Å². The van der Waals surface area contributed by atoms with Crippen LogP contribution in [0.5, 0.6) is 0 Å². The van der Waals surface area contributed by atoms with Crippen LogP contribution in [0.15, 0.2) is 0 Å². The highest BCUT2D eigenvalue weighted by Crippen LogP contribution is 2.46. The minimum atomic E-state index is -0.196. The van der Waals surface area contributed by atoms with Crippen molar-refractivity contribution >= 4 is 69.6 Å². The monoisotopic (exact) mass is 370 g/mol. The third kappa shape index (κ3) is 3.15. The Kier molecular flexibility index (Phi) is 5.97. The van der Waals surface area contributed by atoms with Crippen LogP contribution in [0, 0.1) is 11.8 Å². The Morgan fingerprint density at radius 1 is 0.444 bits per heavy atom. The lowest BCUT2D eigenvalue weighted by Crippen LogP contribution is -2.47. The Morgan fingerprint density at radius 3 is 1.11 bits per heavy atom. The molecule has 0 aromatic carbocycles. The van der Waals surface area contributed by atoms with Gasteiger partial charge >= 0.3 is 0 Å². The van der Waals surface area contributed by atoms with Gasteiger partial charge in [-0.15, -0.1) is 69.6 Å². The van der Waals surface area contributed by atoms with E-state index in [4.69, 9.17) is 69.6 Å². The maximum absolute atomic E-state index is 6.46. The fraction of sp³-hybridized carbons (Fsp3) is 1.00. The van der Waals surface area contributed by atoms with E-state index in [1.807, 2.05) is 0 Å². The van der Waals surface area contributed by atoms with Crippen molar-refractivity contribution in [2.75, 3.05) is 0 Å². The van der Waals surface area contributed by atoms with Gasteiger partial charge in [-0.05, 0) is 37.5 Å². The first-order chi connectivity index (χ1) is 8.43. The van der Waals surface area contributed by atoms with Crippen LogP contribution in [-0.4, -0.2) is 32.3 Å². The van der Waals surface area contributed by atoms with Crippen molar-refractivity contribution in [1.29, 1.82) is 0 Å². The average molecular weight is 373 g/mol. The van der Waals surface area contributed by atoms with Crippen LogP contribution >= 0.6 is 69.6 Å².